The van der Waals surface area contributed by atoms with Crippen LogP contribution in [0.3, 0.4) is 0 Å². The van der Waals surface area contributed by atoms with E-state index >= 15 is 0 Å². The predicted molar refractivity (Wildman–Crippen MR) is 133 cm³/mol. The molecule has 9 heteroatoms. The SMILES string of the molecule is CCCCCn1c(-c2cc(OC)c(OC)c(OC)c2)nc2oc3cc(OC)ccc3c(=O)c2c1=O. The normalized spacial score (nSPS) is 11.1. The number of fused-ring (bicyclic) bond motifs is 2. The van der Waals surface area contributed by atoms with Crippen molar-refractivity contribution in [2.24, 2.45) is 0 Å². The van der Waals surface area contributed by atoms with Crippen LogP contribution in [0.5, 0.6) is 23.0 Å². The number of nitrogens with zero attached hydrogens (tertiary/aromatic N) is 2. The first-order chi connectivity index (χ1) is 17.0. The second kappa shape index (κ2) is 10.1. The molecule has 9 nitrogen and oxygen atoms in total. The summed E-state index contributed by atoms with van der Waals surface area (Å²) in [5, 5.41) is 0.202. The Morgan fingerprint density at radius 3 is 2.23 bits per heavy atom. The van der Waals surface area contributed by atoms with Gasteiger partial charge in [0.1, 0.15) is 17.2 Å². The Balaban J connectivity index is 2.07. The van der Waals surface area contributed by atoms with Crippen LogP contribution in [0, 0.1) is 0 Å². The molecule has 0 atom stereocenters. The van der Waals surface area contributed by atoms with Crippen LogP contribution in [0.1, 0.15) is 26.2 Å². The van der Waals surface area contributed by atoms with Gasteiger partial charge in [-0.2, -0.15) is 4.98 Å². The van der Waals surface area contributed by atoms with E-state index in [1.165, 1.54) is 33.0 Å². The van der Waals surface area contributed by atoms with E-state index < -0.39 is 11.0 Å². The van der Waals surface area contributed by atoms with Crippen LogP contribution < -0.4 is 29.9 Å². The summed E-state index contributed by atoms with van der Waals surface area (Å²) in [5.74, 6) is 2.12. The van der Waals surface area contributed by atoms with Crippen molar-refractivity contribution in [1.82, 2.24) is 9.55 Å². The molecule has 0 bridgehead atoms. The summed E-state index contributed by atoms with van der Waals surface area (Å²) in [6.07, 6.45) is 2.65. The van der Waals surface area contributed by atoms with E-state index in [9.17, 15) is 9.59 Å². The average molecular weight is 481 g/mol. The number of ether oxygens (including phenoxy) is 4. The van der Waals surface area contributed by atoms with Crippen LogP contribution in [0.4, 0.5) is 0 Å². The Kier molecular flexibility index (Phi) is 6.95. The molecule has 2 heterocycles. The lowest BCUT2D eigenvalue weighted by Gasteiger charge is -2.17. The molecule has 0 amide bonds. The average Bonchev–Trinajstić information content (AvgIpc) is 2.88. The van der Waals surface area contributed by atoms with Gasteiger partial charge in [0.15, 0.2) is 16.9 Å². The fraction of sp³-hybridized carbons (Fsp3) is 0.346. The zero-order valence-electron chi connectivity index (χ0n) is 20.5. The lowest BCUT2D eigenvalue weighted by Crippen LogP contribution is -2.27. The zero-order chi connectivity index (χ0) is 25.1. The lowest BCUT2D eigenvalue weighted by atomic mass is 10.1. The summed E-state index contributed by atoms with van der Waals surface area (Å²) in [6.45, 7) is 2.47. The molecule has 0 aliphatic heterocycles. The number of hydrogen-bond donors (Lipinski definition) is 0. The highest BCUT2D eigenvalue weighted by molar-refractivity contribution is 5.89. The Morgan fingerprint density at radius 1 is 0.914 bits per heavy atom. The monoisotopic (exact) mass is 480 g/mol. The van der Waals surface area contributed by atoms with Gasteiger partial charge in [0, 0.05) is 18.2 Å². The van der Waals surface area contributed by atoms with Crippen molar-refractivity contribution in [3.05, 3.63) is 50.9 Å². The second-order valence-corrected chi connectivity index (χ2v) is 7.99. The van der Waals surface area contributed by atoms with Gasteiger partial charge >= 0.3 is 0 Å². The fourth-order valence-electron chi connectivity index (χ4n) is 4.10. The Hall–Kier alpha value is -4.01. The molecule has 0 radical (unpaired) electrons. The maximum Gasteiger partial charge on any atom is 0.269 e. The molecular formula is C26H28N2O7. The van der Waals surface area contributed by atoms with Crippen LogP contribution in [-0.4, -0.2) is 38.0 Å². The van der Waals surface area contributed by atoms with E-state index in [1.54, 1.807) is 30.3 Å². The minimum Gasteiger partial charge on any atom is -0.497 e. The van der Waals surface area contributed by atoms with Crippen molar-refractivity contribution in [2.45, 2.75) is 32.7 Å². The first-order valence-corrected chi connectivity index (χ1v) is 11.3. The molecule has 0 aliphatic rings. The van der Waals surface area contributed by atoms with Gasteiger partial charge in [-0.1, -0.05) is 19.8 Å². The summed E-state index contributed by atoms with van der Waals surface area (Å²) in [4.78, 5) is 31.7. The third kappa shape index (κ3) is 4.29. The van der Waals surface area contributed by atoms with Crippen molar-refractivity contribution in [3.63, 3.8) is 0 Å². The van der Waals surface area contributed by atoms with Crippen LogP contribution in [0.2, 0.25) is 0 Å². The highest BCUT2D eigenvalue weighted by Gasteiger charge is 2.22. The van der Waals surface area contributed by atoms with Gasteiger partial charge in [-0.15, -0.1) is 0 Å². The summed E-state index contributed by atoms with van der Waals surface area (Å²) >= 11 is 0. The molecule has 4 aromatic rings. The number of aromatic nitrogens is 2. The highest BCUT2D eigenvalue weighted by Crippen LogP contribution is 2.41. The van der Waals surface area contributed by atoms with Crippen LogP contribution in [0.15, 0.2) is 44.3 Å². The minimum absolute atomic E-state index is 0.0451. The van der Waals surface area contributed by atoms with E-state index in [-0.39, 0.29) is 22.1 Å². The van der Waals surface area contributed by atoms with Gasteiger partial charge in [-0.05, 0) is 30.7 Å². The van der Waals surface area contributed by atoms with Crippen LogP contribution in [-0.2, 0) is 6.54 Å². The maximum absolute atomic E-state index is 13.7. The van der Waals surface area contributed by atoms with Gasteiger partial charge in [0.25, 0.3) is 5.56 Å². The molecule has 0 saturated heterocycles. The number of rotatable bonds is 9. The van der Waals surface area contributed by atoms with Gasteiger partial charge < -0.3 is 23.4 Å². The highest BCUT2D eigenvalue weighted by atomic mass is 16.5. The van der Waals surface area contributed by atoms with Crippen LogP contribution >= 0.6 is 0 Å². The van der Waals surface area contributed by atoms with E-state index in [4.69, 9.17) is 23.4 Å². The molecule has 0 spiro atoms. The Morgan fingerprint density at radius 2 is 1.63 bits per heavy atom. The largest absolute Gasteiger partial charge is 0.497 e. The number of methoxy groups -OCH3 is 4. The molecule has 0 fully saturated rings. The quantitative estimate of drug-likeness (QED) is 0.257. The smallest absolute Gasteiger partial charge is 0.269 e. The molecule has 4 rings (SSSR count). The molecule has 0 unspecified atom stereocenters. The molecular weight excluding hydrogens is 452 g/mol. The topological polar surface area (TPSA) is 102 Å². The van der Waals surface area contributed by atoms with Gasteiger partial charge in [0.05, 0.1) is 33.8 Å². The van der Waals surface area contributed by atoms with Crippen molar-refractivity contribution in [2.75, 3.05) is 28.4 Å². The maximum atomic E-state index is 13.7. The summed E-state index contributed by atoms with van der Waals surface area (Å²) in [5.41, 5.74) is -0.0867. The third-order valence-corrected chi connectivity index (χ3v) is 5.91. The van der Waals surface area contributed by atoms with Crippen molar-refractivity contribution in [3.8, 4) is 34.4 Å². The first kappa shape index (κ1) is 24.1. The van der Waals surface area contributed by atoms with Gasteiger partial charge in [0.2, 0.25) is 16.9 Å². The van der Waals surface area contributed by atoms with Crippen molar-refractivity contribution in [1.29, 1.82) is 0 Å². The predicted octanol–water partition coefficient (Wildman–Crippen LogP) is 4.39. The summed E-state index contributed by atoms with van der Waals surface area (Å²) in [6, 6.07) is 8.28. The van der Waals surface area contributed by atoms with E-state index in [0.29, 0.717) is 40.9 Å². The zero-order valence-corrected chi connectivity index (χ0v) is 20.5. The molecule has 0 aliphatic carbocycles. The molecule has 184 valence electrons. The molecule has 2 aromatic heterocycles. The molecule has 0 saturated carbocycles. The lowest BCUT2D eigenvalue weighted by molar-refractivity contribution is 0.324. The van der Waals surface area contributed by atoms with Crippen LogP contribution in [0.25, 0.3) is 33.5 Å². The summed E-state index contributed by atoms with van der Waals surface area (Å²) in [7, 11) is 6.07. The Labute approximate surface area is 201 Å². The fourth-order valence-corrected chi connectivity index (χ4v) is 4.10. The van der Waals surface area contributed by atoms with E-state index in [1.807, 2.05) is 0 Å². The molecule has 35 heavy (non-hydrogen) atoms. The Bertz CT molecular complexity index is 1480. The first-order valence-electron chi connectivity index (χ1n) is 11.3. The van der Waals surface area contributed by atoms with Crippen molar-refractivity contribution >= 4 is 22.1 Å². The molecule has 2 aromatic carbocycles. The third-order valence-electron chi connectivity index (χ3n) is 5.91. The molecule has 0 N–H and O–H groups in total. The summed E-state index contributed by atoms with van der Waals surface area (Å²) < 4.78 is 29.1. The minimum atomic E-state index is -0.457. The van der Waals surface area contributed by atoms with E-state index in [0.717, 1.165) is 19.3 Å². The van der Waals surface area contributed by atoms with Gasteiger partial charge in [-0.25, -0.2) is 0 Å². The van der Waals surface area contributed by atoms with Crippen molar-refractivity contribution < 1.29 is 23.4 Å². The number of unbranched alkanes of at least 4 members (excludes halogenated alkanes) is 2. The van der Waals surface area contributed by atoms with Gasteiger partial charge in [-0.3, -0.25) is 14.2 Å². The van der Waals surface area contributed by atoms with E-state index in [2.05, 4.69) is 11.9 Å². The number of hydrogen-bond acceptors (Lipinski definition) is 8. The number of benzene rings is 2. The second-order valence-electron chi connectivity index (χ2n) is 7.99. The standard InChI is InChI=1S/C26H28N2O7/c1-6-7-8-11-28-24(15-12-19(32-3)23(34-5)20(13-15)33-4)27-25-21(26(28)30)22(29)17-10-9-16(31-2)14-18(17)35-25/h9-10,12-14H,6-8,11H2,1-5H3.